The summed E-state index contributed by atoms with van der Waals surface area (Å²) in [5.41, 5.74) is -0.446. The van der Waals surface area contributed by atoms with Crippen molar-refractivity contribution in [2.45, 2.75) is 37.6 Å². The third-order valence-corrected chi connectivity index (χ3v) is 4.38. The highest BCUT2D eigenvalue weighted by atomic mass is 32.2. The topological polar surface area (TPSA) is 55.4 Å². The van der Waals surface area contributed by atoms with Crippen LogP contribution in [0.2, 0.25) is 0 Å². The van der Waals surface area contributed by atoms with Gasteiger partial charge in [-0.05, 0) is 44.5 Å². The van der Waals surface area contributed by atoms with Crippen molar-refractivity contribution in [1.82, 2.24) is 4.72 Å². The molecule has 17 heavy (non-hydrogen) atoms. The predicted molar refractivity (Wildman–Crippen MR) is 67.7 cm³/mol. The van der Waals surface area contributed by atoms with Crippen molar-refractivity contribution < 1.29 is 13.2 Å². The van der Waals surface area contributed by atoms with Crippen molar-refractivity contribution in [3.05, 3.63) is 24.3 Å². The molecule has 5 heteroatoms. The second kappa shape index (κ2) is 5.06. The van der Waals surface area contributed by atoms with Crippen molar-refractivity contribution in [2.75, 3.05) is 7.11 Å². The Balaban J connectivity index is 2.97. The van der Waals surface area contributed by atoms with E-state index in [0.717, 1.165) is 6.42 Å². The van der Waals surface area contributed by atoms with Crippen LogP contribution in [0.15, 0.2) is 29.2 Å². The molecule has 0 aromatic heterocycles. The first-order chi connectivity index (χ1) is 7.80. The van der Waals surface area contributed by atoms with Crippen LogP contribution in [0, 0.1) is 0 Å². The fraction of sp³-hybridized carbons (Fsp3) is 0.500. The van der Waals surface area contributed by atoms with Gasteiger partial charge in [0.1, 0.15) is 5.75 Å². The zero-order chi connectivity index (χ0) is 13.1. The molecule has 1 aromatic carbocycles. The van der Waals surface area contributed by atoms with Crippen LogP contribution in [0.3, 0.4) is 0 Å². The van der Waals surface area contributed by atoms with Crippen molar-refractivity contribution in [3.63, 3.8) is 0 Å². The summed E-state index contributed by atoms with van der Waals surface area (Å²) >= 11 is 0. The van der Waals surface area contributed by atoms with Crippen molar-refractivity contribution in [1.29, 1.82) is 0 Å². The summed E-state index contributed by atoms with van der Waals surface area (Å²) in [6.07, 6.45) is 0.725. The van der Waals surface area contributed by atoms with Crippen molar-refractivity contribution in [2.24, 2.45) is 0 Å². The first-order valence-corrected chi connectivity index (χ1v) is 6.97. The molecule has 0 radical (unpaired) electrons. The molecule has 96 valence electrons. The SMILES string of the molecule is CCC(C)(C)NS(=O)(=O)c1ccc(OC)cc1. The minimum absolute atomic E-state index is 0.250. The zero-order valence-electron chi connectivity index (χ0n) is 10.6. The predicted octanol–water partition coefficient (Wildman–Crippen LogP) is 2.16. The molecule has 0 fully saturated rings. The number of sulfonamides is 1. The average molecular weight is 257 g/mol. The van der Waals surface area contributed by atoms with Gasteiger partial charge in [-0.1, -0.05) is 6.92 Å². The van der Waals surface area contributed by atoms with Gasteiger partial charge in [0, 0.05) is 5.54 Å². The normalized spacial score (nSPS) is 12.5. The van der Waals surface area contributed by atoms with E-state index in [1.807, 2.05) is 20.8 Å². The standard InChI is InChI=1S/C12H19NO3S/c1-5-12(2,3)13-17(14,15)11-8-6-10(16-4)7-9-11/h6-9,13H,5H2,1-4H3. The van der Waals surface area contributed by atoms with Gasteiger partial charge in [0.2, 0.25) is 10.0 Å². The number of hydrogen-bond donors (Lipinski definition) is 1. The van der Waals surface area contributed by atoms with Crippen molar-refractivity contribution >= 4 is 10.0 Å². The first-order valence-electron chi connectivity index (χ1n) is 5.49. The van der Waals surface area contributed by atoms with Gasteiger partial charge in [-0.2, -0.15) is 0 Å². The fourth-order valence-corrected chi connectivity index (χ4v) is 2.73. The van der Waals surface area contributed by atoms with Gasteiger partial charge in [-0.3, -0.25) is 0 Å². The summed E-state index contributed by atoms with van der Waals surface area (Å²) in [7, 11) is -1.92. The molecule has 0 saturated heterocycles. The number of methoxy groups -OCH3 is 1. The summed E-state index contributed by atoms with van der Waals surface area (Å²) in [5.74, 6) is 0.638. The number of nitrogens with one attached hydrogen (secondary N) is 1. The summed E-state index contributed by atoms with van der Waals surface area (Å²) in [6.45, 7) is 5.65. The highest BCUT2D eigenvalue weighted by molar-refractivity contribution is 7.89. The summed E-state index contributed by atoms with van der Waals surface area (Å²) in [4.78, 5) is 0.250. The third-order valence-electron chi connectivity index (χ3n) is 2.66. The Labute approximate surface area is 103 Å². The monoisotopic (exact) mass is 257 g/mol. The second-order valence-electron chi connectivity index (χ2n) is 4.52. The smallest absolute Gasteiger partial charge is 0.241 e. The first kappa shape index (κ1) is 14.0. The molecule has 0 bridgehead atoms. The number of rotatable bonds is 5. The van der Waals surface area contributed by atoms with Crippen LogP contribution in [-0.2, 0) is 10.0 Å². The zero-order valence-corrected chi connectivity index (χ0v) is 11.5. The third kappa shape index (κ3) is 3.71. The highest BCUT2D eigenvalue weighted by Crippen LogP contribution is 2.18. The molecule has 1 N–H and O–H groups in total. The van der Waals surface area contributed by atoms with E-state index in [2.05, 4.69) is 4.72 Å². The lowest BCUT2D eigenvalue weighted by Gasteiger charge is -2.24. The van der Waals surface area contributed by atoms with Crippen LogP contribution in [0.25, 0.3) is 0 Å². The quantitative estimate of drug-likeness (QED) is 0.879. The molecule has 1 aromatic rings. The number of benzene rings is 1. The van der Waals surface area contributed by atoms with Crippen LogP contribution >= 0.6 is 0 Å². The van der Waals surface area contributed by atoms with Crippen LogP contribution in [-0.4, -0.2) is 21.1 Å². The van der Waals surface area contributed by atoms with E-state index in [0.29, 0.717) is 5.75 Å². The Bertz CT molecular complexity index is 463. The van der Waals surface area contributed by atoms with Crippen LogP contribution < -0.4 is 9.46 Å². The van der Waals surface area contributed by atoms with E-state index in [1.54, 1.807) is 19.2 Å². The Morgan fingerprint density at radius 3 is 2.18 bits per heavy atom. The average Bonchev–Trinajstić information content (AvgIpc) is 2.28. The molecular formula is C12H19NO3S. The molecule has 0 unspecified atom stereocenters. The van der Waals surface area contributed by atoms with Crippen LogP contribution in [0.5, 0.6) is 5.75 Å². The molecule has 0 amide bonds. The van der Waals surface area contributed by atoms with Gasteiger partial charge in [-0.15, -0.1) is 0 Å². The van der Waals surface area contributed by atoms with E-state index in [1.165, 1.54) is 12.1 Å². The molecule has 0 aliphatic carbocycles. The van der Waals surface area contributed by atoms with Gasteiger partial charge in [0.15, 0.2) is 0 Å². The molecule has 0 heterocycles. The van der Waals surface area contributed by atoms with Crippen LogP contribution in [0.1, 0.15) is 27.2 Å². The molecule has 0 saturated carbocycles. The van der Waals surface area contributed by atoms with Gasteiger partial charge in [-0.25, -0.2) is 13.1 Å². The maximum Gasteiger partial charge on any atom is 0.241 e. The lowest BCUT2D eigenvalue weighted by molar-refractivity contribution is 0.414. The maximum atomic E-state index is 12.1. The number of ether oxygens (including phenoxy) is 1. The lowest BCUT2D eigenvalue weighted by Crippen LogP contribution is -2.42. The molecule has 0 aliphatic rings. The van der Waals surface area contributed by atoms with Crippen LogP contribution in [0.4, 0.5) is 0 Å². The van der Waals surface area contributed by atoms with Crippen molar-refractivity contribution in [3.8, 4) is 5.75 Å². The number of hydrogen-bond acceptors (Lipinski definition) is 3. The Morgan fingerprint density at radius 1 is 1.24 bits per heavy atom. The van der Waals surface area contributed by atoms with E-state index in [-0.39, 0.29) is 4.90 Å². The van der Waals surface area contributed by atoms with Gasteiger partial charge >= 0.3 is 0 Å². The fourth-order valence-electron chi connectivity index (χ4n) is 1.25. The minimum atomic E-state index is -3.46. The Morgan fingerprint density at radius 2 is 1.76 bits per heavy atom. The summed E-state index contributed by atoms with van der Waals surface area (Å²) < 4.78 is 31.8. The minimum Gasteiger partial charge on any atom is -0.497 e. The van der Waals surface area contributed by atoms with E-state index in [4.69, 9.17) is 4.74 Å². The summed E-state index contributed by atoms with van der Waals surface area (Å²) in [5, 5.41) is 0. The Kier molecular flexibility index (Phi) is 4.16. The van der Waals surface area contributed by atoms with Gasteiger partial charge < -0.3 is 4.74 Å². The molecule has 4 nitrogen and oxygen atoms in total. The second-order valence-corrected chi connectivity index (χ2v) is 6.20. The largest absolute Gasteiger partial charge is 0.497 e. The maximum absolute atomic E-state index is 12.1. The van der Waals surface area contributed by atoms with E-state index in [9.17, 15) is 8.42 Å². The van der Waals surface area contributed by atoms with Gasteiger partial charge in [0.05, 0.1) is 12.0 Å². The van der Waals surface area contributed by atoms with Gasteiger partial charge in [0.25, 0.3) is 0 Å². The summed E-state index contributed by atoms with van der Waals surface area (Å²) in [6, 6.07) is 6.33. The molecule has 1 rings (SSSR count). The molecular weight excluding hydrogens is 238 g/mol. The molecule has 0 atom stereocenters. The van der Waals surface area contributed by atoms with E-state index < -0.39 is 15.6 Å². The molecule has 0 spiro atoms. The lowest BCUT2D eigenvalue weighted by atomic mass is 10.0. The highest BCUT2D eigenvalue weighted by Gasteiger charge is 2.24. The molecule has 0 aliphatic heterocycles. The Hall–Kier alpha value is -1.07. The van der Waals surface area contributed by atoms with E-state index >= 15 is 0 Å².